The molecule has 2 fully saturated rings. The summed E-state index contributed by atoms with van der Waals surface area (Å²) in [5.74, 6) is 0.469. The number of β-amino-alcohol motifs (C(OH)–C–C–N with tert-alkyl or cyclic N) is 1. The maximum absolute atomic E-state index is 11.8. The Morgan fingerprint density at radius 3 is 2.66 bits per heavy atom. The Kier molecular flexibility index (Phi) is 5.45. The number of carbonyl (C=O) groups is 1. The van der Waals surface area contributed by atoms with Crippen LogP contribution in [-0.4, -0.2) is 78.9 Å². The summed E-state index contributed by atoms with van der Waals surface area (Å²) in [7, 11) is 0. The van der Waals surface area contributed by atoms with E-state index in [4.69, 9.17) is 4.74 Å². The molecule has 6 rings (SSSR count). The molecule has 1 N–H and O–H groups in total. The molecule has 182 valence electrons. The highest BCUT2D eigenvalue weighted by molar-refractivity contribution is 5.93. The number of fused-ring (bicyclic) bond motifs is 1. The maximum Gasteiger partial charge on any atom is 0.338 e. The number of aliphatic hydroxyl groups is 1. The number of hydrogen-bond donors (Lipinski definition) is 1. The summed E-state index contributed by atoms with van der Waals surface area (Å²) in [6.45, 7) is 6.66. The molecular formula is C24H28N8O3. The van der Waals surface area contributed by atoms with Crippen molar-refractivity contribution in [2.45, 2.75) is 38.9 Å². The van der Waals surface area contributed by atoms with Gasteiger partial charge >= 0.3 is 5.97 Å². The van der Waals surface area contributed by atoms with Gasteiger partial charge in [-0.2, -0.15) is 4.68 Å². The molecule has 0 unspecified atom stereocenters. The van der Waals surface area contributed by atoms with E-state index in [0.717, 1.165) is 73.8 Å². The molecule has 2 aromatic heterocycles. The van der Waals surface area contributed by atoms with E-state index < -0.39 is 6.10 Å². The molecule has 11 heteroatoms. The van der Waals surface area contributed by atoms with Crippen molar-refractivity contribution in [1.29, 1.82) is 0 Å². The number of hydrogen-bond acceptors (Lipinski definition) is 10. The number of carbonyl (C=O) groups excluding carboxylic acids is 1. The topological polar surface area (TPSA) is 122 Å². The van der Waals surface area contributed by atoms with E-state index in [0.29, 0.717) is 18.7 Å². The second-order valence-corrected chi connectivity index (χ2v) is 9.87. The van der Waals surface area contributed by atoms with Gasteiger partial charge < -0.3 is 19.6 Å². The molecule has 0 aliphatic carbocycles. The fourth-order valence-corrected chi connectivity index (χ4v) is 5.67. The van der Waals surface area contributed by atoms with Gasteiger partial charge in [0.15, 0.2) is 0 Å². The summed E-state index contributed by atoms with van der Waals surface area (Å²) in [4.78, 5) is 25.5. The molecule has 2 saturated heterocycles. The second-order valence-electron chi connectivity index (χ2n) is 9.87. The summed E-state index contributed by atoms with van der Waals surface area (Å²) < 4.78 is 6.69. The lowest BCUT2D eigenvalue weighted by atomic mass is 9.77. The molecule has 3 aromatic rings. The van der Waals surface area contributed by atoms with Gasteiger partial charge in [0.05, 0.1) is 24.1 Å². The molecule has 3 aliphatic rings. The number of piperidine rings is 1. The predicted octanol–water partition coefficient (Wildman–Crippen LogP) is 1.46. The number of esters is 1. The highest BCUT2D eigenvalue weighted by Gasteiger charge is 2.41. The van der Waals surface area contributed by atoms with Gasteiger partial charge in [0.25, 0.3) is 0 Å². The zero-order chi connectivity index (χ0) is 24.0. The number of cyclic esters (lactones) is 1. The number of rotatable bonds is 5. The van der Waals surface area contributed by atoms with Gasteiger partial charge in [0.2, 0.25) is 5.95 Å². The van der Waals surface area contributed by atoms with Gasteiger partial charge in [-0.05, 0) is 72.3 Å². The molecule has 0 bridgehead atoms. The molecule has 3 aliphatic heterocycles. The van der Waals surface area contributed by atoms with Crippen LogP contribution < -0.4 is 4.90 Å². The molecule has 1 atom stereocenters. The van der Waals surface area contributed by atoms with Crippen molar-refractivity contribution in [3.05, 3.63) is 53.1 Å². The fraction of sp³-hybridized carbons (Fsp3) is 0.500. The number of benzene rings is 1. The van der Waals surface area contributed by atoms with E-state index in [1.807, 2.05) is 13.0 Å². The summed E-state index contributed by atoms with van der Waals surface area (Å²) >= 11 is 0. The number of nitrogens with zero attached hydrogens (tertiary/aromatic N) is 8. The first-order valence-electron chi connectivity index (χ1n) is 12.0. The molecule has 11 nitrogen and oxygen atoms in total. The summed E-state index contributed by atoms with van der Waals surface area (Å²) in [5, 5.41) is 22.1. The molecule has 5 heterocycles. The summed E-state index contributed by atoms with van der Waals surface area (Å²) in [5.41, 5.74) is 4.38. The van der Waals surface area contributed by atoms with Crippen LogP contribution in [0.4, 0.5) is 5.95 Å². The van der Waals surface area contributed by atoms with Crippen molar-refractivity contribution in [2.75, 3.05) is 37.6 Å². The summed E-state index contributed by atoms with van der Waals surface area (Å²) in [6, 6.07) is 3.66. The van der Waals surface area contributed by atoms with Crippen molar-refractivity contribution >= 4 is 11.9 Å². The first-order chi connectivity index (χ1) is 17.0. The van der Waals surface area contributed by atoms with Gasteiger partial charge in [0, 0.05) is 25.2 Å². The van der Waals surface area contributed by atoms with Crippen molar-refractivity contribution in [3.8, 4) is 5.69 Å². The zero-order valence-electron chi connectivity index (χ0n) is 19.7. The van der Waals surface area contributed by atoms with Crippen LogP contribution in [0.3, 0.4) is 0 Å². The third-order valence-electron chi connectivity index (χ3n) is 7.87. The minimum Gasteiger partial charge on any atom is -0.457 e. The first-order valence-corrected chi connectivity index (χ1v) is 12.0. The lowest BCUT2D eigenvalue weighted by molar-refractivity contribution is 0.0534. The van der Waals surface area contributed by atoms with Gasteiger partial charge in [-0.25, -0.2) is 14.8 Å². The van der Waals surface area contributed by atoms with E-state index in [9.17, 15) is 9.90 Å². The van der Waals surface area contributed by atoms with Crippen molar-refractivity contribution in [1.82, 2.24) is 35.1 Å². The maximum atomic E-state index is 11.8. The molecular weight excluding hydrogens is 448 g/mol. The molecule has 1 aromatic carbocycles. The molecule has 0 saturated carbocycles. The standard InChI is InChI=1S/C24H28N8O3/c1-16-18(2-3-19-20(16)13-35-22(19)34)21(33)12-30-7-4-24(5-8-30)6-9-31(14-24)23-25-10-17(11-26-23)32-15-27-28-29-32/h2-3,10-11,15,21,33H,4-9,12-14H2,1H3/t21-/m0/s1. The van der Waals surface area contributed by atoms with Crippen LogP contribution in [0, 0.1) is 12.3 Å². The Morgan fingerprint density at radius 2 is 1.91 bits per heavy atom. The number of ether oxygens (including phenoxy) is 1. The summed E-state index contributed by atoms with van der Waals surface area (Å²) in [6.07, 6.45) is 7.73. The highest BCUT2D eigenvalue weighted by Crippen LogP contribution is 2.41. The van der Waals surface area contributed by atoms with Crippen LogP contribution in [-0.2, 0) is 11.3 Å². The van der Waals surface area contributed by atoms with Crippen LogP contribution in [0.15, 0.2) is 30.9 Å². The monoisotopic (exact) mass is 476 g/mol. The fourth-order valence-electron chi connectivity index (χ4n) is 5.67. The lowest BCUT2D eigenvalue weighted by Gasteiger charge is -2.40. The zero-order valence-corrected chi connectivity index (χ0v) is 19.7. The van der Waals surface area contributed by atoms with Gasteiger partial charge in [-0.1, -0.05) is 6.07 Å². The van der Waals surface area contributed by atoms with Gasteiger partial charge in [-0.3, -0.25) is 0 Å². The van der Waals surface area contributed by atoms with Crippen molar-refractivity contribution in [2.24, 2.45) is 5.41 Å². The third kappa shape index (κ3) is 4.04. The minimum atomic E-state index is -0.586. The number of likely N-dealkylation sites (tertiary alicyclic amines) is 1. The molecule has 1 spiro atoms. The molecule has 35 heavy (non-hydrogen) atoms. The Hall–Kier alpha value is -3.44. The average Bonchev–Trinajstić information content (AvgIpc) is 3.63. The van der Waals surface area contributed by atoms with E-state index in [-0.39, 0.29) is 11.4 Å². The number of aromatic nitrogens is 6. The predicted molar refractivity (Wildman–Crippen MR) is 125 cm³/mol. The van der Waals surface area contributed by atoms with Crippen molar-refractivity contribution in [3.63, 3.8) is 0 Å². The first kappa shape index (κ1) is 22.1. The Bertz CT molecular complexity index is 1220. The van der Waals surface area contributed by atoms with E-state index in [1.165, 1.54) is 11.0 Å². The van der Waals surface area contributed by atoms with Crippen molar-refractivity contribution < 1.29 is 14.6 Å². The Labute approximate surface area is 202 Å². The molecule has 0 amide bonds. The van der Waals surface area contributed by atoms with E-state index in [1.54, 1.807) is 18.5 Å². The van der Waals surface area contributed by atoms with E-state index >= 15 is 0 Å². The SMILES string of the molecule is Cc1c([C@@H](O)CN2CCC3(CC2)CCN(c2ncc(-n4cnnn4)cn2)C3)ccc2c1COC2=O. The average molecular weight is 477 g/mol. The van der Waals surface area contributed by atoms with Crippen LogP contribution in [0.2, 0.25) is 0 Å². The third-order valence-corrected chi connectivity index (χ3v) is 7.87. The van der Waals surface area contributed by atoms with E-state index in [2.05, 4.69) is 35.3 Å². The Morgan fingerprint density at radius 1 is 1.14 bits per heavy atom. The minimum absolute atomic E-state index is 0.264. The Balaban J connectivity index is 1.05. The largest absolute Gasteiger partial charge is 0.457 e. The van der Waals surface area contributed by atoms with Gasteiger partial charge in [0.1, 0.15) is 18.6 Å². The van der Waals surface area contributed by atoms with Crippen LogP contribution in [0.1, 0.15) is 52.4 Å². The lowest BCUT2D eigenvalue weighted by Crippen LogP contribution is -2.43. The smallest absolute Gasteiger partial charge is 0.338 e. The van der Waals surface area contributed by atoms with Crippen LogP contribution in [0.25, 0.3) is 5.69 Å². The number of aliphatic hydroxyl groups excluding tert-OH is 1. The second kappa shape index (κ2) is 8.65. The number of anilines is 1. The van der Waals surface area contributed by atoms with Gasteiger partial charge in [-0.15, -0.1) is 5.10 Å². The van der Waals surface area contributed by atoms with Crippen LogP contribution >= 0.6 is 0 Å². The van der Waals surface area contributed by atoms with Crippen LogP contribution in [0.5, 0.6) is 0 Å². The molecule has 0 radical (unpaired) electrons. The highest BCUT2D eigenvalue weighted by atomic mass is 16.5. The number of tetrazole rings is 1. The quantitative estimate of drug-likeness (QED) is 0.542. The normalized spacial score (nSPS) is 20.3.